The third-order valence-electron chi connectivity index (χ3n) is 6.10. The number of fused-ring (bicyclic) bond motifs is 1. The van der Waals surface area contributed by atoms with E-state index in [1.54, 1.807) is 0 Å². The van der Waals surface area contributed by atoms with Crippen LogP contribution in [-0.2, 0) is 44.5 Å². The Bertz CT molecular complexity index is 1090. The second kappa shape index (κ2) is 14.5. The van der Waals surface area contributed by atoms with Gasteiger partial charge in [0.15, 0.2) is 6.10 Å². The number of para-hydroxylation sites is 1. The minimum atomic E-state index is -1.29. The molecule has 2 heterocycles. The number of hydrogen-bond acceptors (Lipinski definition) is 8. The van der Waals surface area contributed by atoms with Gasteiger partial charge >= 0.3 is 23.9 Å². The monoisotopic (exact) mass is 532 g/mol. The molecule has 1 unspecified atom stereocenters. The Labute approximate surface area is 222 Å². The van der Waals surface area contributed by atoms with Crippen molar-refractivity contribution >= 4 is 34.8 Å². The molecule has 10 heteroatoms. The fraction of sp³-hybridized carbons (Fsp3) is 0.571. The van der Waals surface area contributed by atoms with Crippen molar-refractivity contribution in [1.29, 1.82) is 0 Å². The lowest BCUT2D eigenvalue weighted by atomic mass is 10.0. The molecule has 0 saturated carbocycles. The second-order valence-electron chi connectivity index (χ2n) is 9.26. The van der Waals surface area contributed by atoms with Gasteiger partial charge in [0.05, 0.1) is 6.61 Å². The second-order valence-corrected chi connectivity index (χ2v) is 9.26. The van der Waals surface area contributed by atoms with Crippen LogP contribution in [0.4, 0.5) is 0 Å². The van der Waals surface area contributed by atoms with Gasteiger partial charge in [0.25, 0.3) is 12.4 Å². The summed E-state index contributed by atoms with van der Waals surface area (Å²) >= 11 is 0. The van der Waals surface area contributed by atoms with Gasteiger partial charge in [-0.1, -0.05) is 39.0 Å². The van der Waals surface area contributed by atoms with Crippen molar-refractivity contribution < 1.29 is 42.9 Å². The maximum Gasteiger partial charge on any atom is 0.483 e. The largest absolute Gasteiger partial charge is 0.483 e. The highest BCUT2D eigenvalue weighted by Gasteiger charge is 2.53. The lowest BCUT2D eigenvalue weighted by molar-refractivity contribution is -0.268. The highest BCUT2D eigenvalue weighted by atomic mass is 16.7. The van der Waals surface area contributed by atoms with Crippen molar-refractivity contribution in [1.82, 2.24) is 4.98 Å². The quantitative estimate of drug-likeness (QED) is 0.231. The van der Waals surface area contributed by atoms with E-state index in [9.17, 15) is 19.2 Å². The van der Waals surface area contributed by atoms with Crippen LogP contribution < -0.4 is 0 Å². The number of aryl methyl sites for hydroxylation is 1. The Morgan fingerprint density at radius 1 is 0.868 bits per heavy atom. The van der Waals surface area contributed by atoms with Crippen molar-refractivity contribution in [2.75, 3.05) is 6.61 Å². The van der Waals surface area contributed by atoms with E-state index in [4.69, 9.17) is 23.7 Å². The fourth-order valence-corrected chi connectivity index (χ4v) is 4.25. The summed E-state index contributed by atoms with van der Waals surface area (Å²) in [5, 5.41) is 1.02. The molecule has 3 rings (SSSR count). The summed E-state index contributed by atoms with van der Waals surface area (Å²) in [6.07, 6.45) is -0.0521. The smallest absolute Gasteiger partial charge is 0.456 e. The first-order valence-corrected chi connectivity index (χ1v) is 13.3. The van der Waals surface area contributed by atoms with Crippen LogP contribution in [0.3, 0.4) is 0 Å². The number of ether oxygens (including phenoxy) is 5. The Kier molecular flexibility index (Phi) is 11.1. The molecule has 1 aromatic carbocycles. The van der Waals surface area contributed by atoms with E-state index in [0.717, 1.165) is 16.5 Å². The van der Waals surface area contributed by atoms with E-state index in [1.165, 1.54) is 0 Å². The summed E-state index contributed by atoms with van der Waals surface area (Å²) in [6, 6.07) is 7.79. The summed E-state index contributed by atoms with van der Waals surface area (Å²) in [5.41, 5.74) is 1.94. The molecule has 1 fully saturated rings. The van der Waals surface area contributed by atoms with Gasteiger partial charge in [0.1, 0.15) is 6.42 Å². The molecule has 1 saturated heterocycles. The van der Waals surface area contributed by atoms with Crippen molar-refractivity contribution in [3.05, 3.63) is 36.0 Å². The average Bonchev–Trinajstić information content (AvgIpc) is 3.29. The van der Waals surface area contributed by atoms with Crippen LogP contribution in [0.25, 0.3) is 10.9 Å². The van der Waals surface area contributed by atoms with Crippen LogP contribution in [-0.4, -0.2) is 64.9 Å². The molecule has 0 radical (unpaired) electrons. The number of rotatable bonds is 13. The molecule has 0 bridgehead atoms. The summed E-state index contributed by atoms with van der Waals surface area (Å²) in [6.45, 7) is 5.35. The summed E-state index contributed by atoms with van der Waals surface area (Å²) in [7, 11) is 0. The first-order chi connectivity index (χ1) is 18.4. The molecule has 1 aliphatic heterocycles. The van der Waals surface area contributed by atoms with Gasteiger partial charge in [-0.3, -0.25) is 14.4 Å². The zero-order valence-corrected chi connectivity index (χ0v) is 22.3. The molecule has 1 aromatic heterocycles. The van der Waals surface area contributed by atoms with E-state index >= 15 is 0 Å². The molecule has 0 amide bonds. The Balaban J connectivity index is 1.75. The Morgan fingerprint density at radius 3 is 2.24 bits per heavy atom. The molecular formula is C28H38NO9+. The Morgan fingerprint density at radius 2 is 1.53 bits per heavy atom. The van der Waals surface area contributed by atoms with E-state index in [1.807, 2.05) is 51.2 Å². The molecule has 208 valence electrons. The number of esters is 4. The SMILES string of the molecule is CCCC(=O)O[C@H]1CO[C@@H](OC(=O)CCc2c[nH]c3ccccc23)C(OC(=[OH+])CCC)[C@H]1OC(=O)CCC. The number of nitrogens with one attached hydrogen (secondary N) is 1. The van der Waals surface area contributed by atoms with Gasteiger partial charge < -0.3 is 33.5 Å². The zero-order valence-electron chi connectivity index (χ0n) is 22.3. The summed E-state index contributed by atoms with van der Waals surface area (Å²) in [5.74, 6) is -1.88. The summed E-state index contributed by atoms with van der Waals surface area (Å²) < 4.78 is 28.3. The number of hydrogen-bond donors (Lipinski definition) is 1. The number of carbonyl (C=O) groups is 3. The third kappa shape index (κ3) is 8.05. The molecule has 2 N–H and O–H groups in total. The molecule has 1 aliphatic rings. The minimum Gasteiger partial charge on any atom is -0.456 e. The third-order valence-corrected chi connectivity index (χ3v) is 6.10. The predicted molar refractivity (Wildman–Crippen MR) is 139 cm³/mol. The van der Waals surface area contributed by atoms with Crippen molar-refractivity contribution in [2.45, 2.75) is 96.7 Å². The van der Waals surface area contributed by atoms with Gasteiger partial charge in [-0.15, -0.1) is 0 Å². The van der Waals surface area contributed by atoms with E-state index in [-0.39, 0.29) is 38.3 Å². The molecule has 4 atom stereocenters. The summed E-state index contributed by atoms with van der Waals surface area (Å²) in [4.78, 5) is 51.1. The standard InChI is InChI=1S/C28H37NO9/c1-4-9-22(30)35-21-17-34-28(27(37-24(32)11-6-3)26(21)36-23(31)10-5-2)38-25(33)15-14-18-16-29-20-13-8-7-12-19(18)20/h7-8,12-13,16,21,26-29H,4-6,9-11,14-15,17H2,1-3H3/p+1/t21-,26-,27?,28-/m0/s1. The predicted octanol–water partition coefficient (Wildman–Crippen LogP) is 4.11. The first-order valence-electron chi connectivity index (χ1n) is 13.3. The normalized spacial score (nSPS) is 21.0. The highest BCUT2D eigenvalue weighted by molar-refractivity contribution is 5.83. The fourth-order valence-electron chi connectivity index (χ4n) is 4.25. The van der Waals surface area contributed by atoms with E-state index < -0.39 is 42.5 Å². The lowest BCUT2D eigenvalue weighted by Gasteiger charge is -2.37. The number of H-pyrrole nitrogens is 1. The van der Waals surface area contributed by atoms with E-state index in [0.29, 0.717) is 25.7 Å². The topological polar surface area (TPSA) is 135 Å². The molecule has 38 heavy (non-hydrogen) atoms. The number of benzene rings is 1. The van der Waals surface area contributed by atoms with Crippen LogP contribution in [0.15, 0.2) is 30.5 Å². The van der Waals surface area contributed by atoms with Crippen LogP contribution in [0.1, 0.15) is 71.3 Å². The van der Waals surface area contributed by atoms with Crippen molar-refractivity contribution in [3.63, 3.8) is 0 Å². The number of aromatic amines is 1. The molecule has 10 nitrogen and oxygen atoms in total. The first kappa shape index (κ1) is 29.2. The number of aromatic nitrogens is 1. The molecule has 0 aliphatic carbocycles. The van der Waals surface area contributed by atoms with Crippen LogP contribution in [0.5, 0.6) is 0 Å². The molecular weight excluding hydrogens is 494 g/mol. The van der Waals surface area contributed by atoms with Gasteiger partial charge in [-0.25, -0.2) is 0 Å². The highest BCUT2D eigenvalue weighted by Crippen LogP contribution is 2.27. The van der Waals surface area contributed by atoms with Crippen molar-refractivity contribution in [3.8, 4) is 0 Å². The van der Waals surface area contributed by atoms with Gasteiger partial charge in [0.2, 0.25) is 6.10 Å². The minimum absolute atomic E-state index is 0.0638. The van der Waals surface area contributed by atoms with Crippen LogP contribution in [0.2, 0.25) is 0 Å². The maximum atomic E-state index is 12.8. The van der Waals surface area contributed by atoms with Crippen LogP contribution in [0, 0.1) is 0 Å². The molecule has 2 aromatic rings. The van der Waals surface area contributed by atoms with Crippen LogP contribution >= 0.6 is 0 Å². The lowest BCUT2D eigenvalue weighted by Crippen LogP contribution is -2.58. The Hall–Kier alpha value is -3.40. The number of carbonyl (C=O) groups excluding carboxylic acids is 4. The molecule has 0 spiro atoms. The van der Waals surface area contributed by atoms with Gasteiger partial charge in [0, 0.05) is 36.4 Å². The van der Waals surface area contributed by atoms with E-state index in [2.05, 4.69) is 4.98 Å². The maximum absolute atomic E-state index is 12.8. The van der Waals surface area contributed by atoms with Gasteiger partial charge in [-0.05, 0) is 37.3 Å². The average molecular weight is 533 g/mol. The van der Waals surface area contributed by atoms with Gasteiger partial charge in [-0.2, -0.15) is 0 Å². The van der Waals surface area contributed by atoms with Crippen molar-refractivity contribution in [2.24, 2.45) is 0 Å². The zero-order chi connectivity index (χ0) is 27.5.